The van der Waals surface area contributed by atoms with E-state index in [0.29, 0.717) is 0 Å². The molecule has 0 unspecified atom stereocenters. The van der Waals surface area contributed by atoms with Crippen LogP contribution in [0.2, 0.25) is 0 Å². The maximum Gasteiger partial charge on any atom is 0.514 e. The lowest BCUT2D eigenvalue weighted by atomic mass is 11.1. The molecule has 0 saturated carbocycles. The Kier molecular flexibility index (Phi) is 2.20. The molecule has 0 aliphatic heterocycles. The van der Waals surface area contributed by atoms with Crippen molar-refractivity contribution in [2.24, 2.45) is 0 Å². The number of H-pyrrole nitrogens is 1. The van der Waals surface area contributed by atoms with Crippen molar-refractivity contribution in [3.63, 3.8) is 0 Å². The Balaban J connectivity index is 0.000000640. The summed E-state index contributed by atoms with van der Waals surface area (Å²) in [5, 5.41) is 20.7. The zero-order valence-corrected chi connectivity index (χ0v) is 4.11. The van der Waals surface area contributed by atoms with Crippen LogP contribution in [0, 0.1) is 10.1 Å². The summed E-state index contributed by atoms with van der Waals surface area (Å²) in [6, 6.07) is 0. The number of tetrazole rings is 1. The van der Waals surface area contributed by atoms with Crippen LogP contribution >= 0.6 is 0 Å². The van der Waals surface area contributed by atoms with Gasteiger partial charge in [0.1, 0.15) is 0 Å². The number of nitrogens with one attached hydrogen (secondary N) is 1. The molecule has 0 fully saturated rings. The Hall–Kier alpha value is -1.57. The number of rotatable bonds is 1. The second-order valence-corrected chi connectivity index (χ2v) is 0.969. The Bertz CT molecular complexity index is 180. The summed E-state index contributed by atoms with van der Waals surface area (Å²) in [4.78, 5) is 8.95. The molecule has 0 bridgehead atoms. The third kappa shape index (κ3) is 1.42. The monoisotopic (exact) mass is 133 g/mol. The minimum atomic E-state index is -0.733. The molecule has 1 rings (SSSR count). The fourth-order valence-electron chi connectivity index (χ4n) is 0.234. The third-order valence-corrected chi connectivity index (χ3v) is 0.497. The van der Waals surface area contributed by atoms with Crippen molar-refractivity contribution >= 4 is 5.95 Å². The molecule has 0 amide bonds. The van der Waals surface area contributed by atoms with Crippen LogP contribution in [0.1, 0.15) is 0 Å². The van der Waals surface area contributed by atoms with Crippen LogP contribution in [0.25, 0.3) is 0 Å². The highest BCUT2D eigenvalue weighted by Crippen LogP contribution is 1.91. The van der Waals surface area contributed by atoms with Gasteiger partial charge in [-0.3, -0.25) is 0 Å². The van der Waals surface area contributed by atoms with Gasteiger partial charge in [0.05, 0.1) is 5.10 Å². The fourth-order valence-corrected chi connectivity index (χ4v) is 0.234. The molecule has 8 nitrogen and oxygen atoms in total. The average Bonchev–Trinajstić information content (AvgIpc) is 2.12. The quantitative estimate of drug-likeness (QED) is 0.359. The van der Waals surface area contributed by atoms with Gasteiger partial charge in [0.15, 0.2) is 0 Å². The van der Waals surface area contributed by atoms with Crippen molar-refractivity contribution in [3.8, 4) is 0 Å². The summed E-state index contributed by atoms with van der Waals surface area (Å²) < 4.78 is 0. The van der Waals surface area contributed by atoms with Gasteiger partial charge < -0.3 is 15.6 Å². The molecule has 0 aliphatic rings. The highest BCUT2D eigenvalue weighted by molar-refractivity contribution is 4.91. The van der Waals surface area contributed by atoms with Gasteiger partial charge >= 0.3 is 5.95 Å². The molecule has 0 saturated heterocycles. The predicted molar refractivity (Wildman–Crippen MR) is 24.4 cm³/mol. The molecule has 0 aromatic carbocycles. The van der Waals surface area contributed by atoms with Gasteiger partial charge in [0, 0.05) is 10.3 Å². The van der Waals surface area contributed by atoms with E-state index in [4.69, 9.17) is 0 Å². The molecule has 9 heavy (non-hydrogen) atoms. The van der Waals surface area contributed by atoms with Gasteiger partial charge in [0.2, 0.25) is 0 Å². The van der Waals surface area contributed by atoms with Crippen molar-refractivity contribution < 1.29 is 10.4 Å². The molecule has 8 heteroatoms. The molecule has 0 spiro atoms. The van der Waals surface area contributed by atoms with Crippen molar-refractivity contribution in [2.75, 3.05) is 0 Å². The molecule has 1 aromatic heterocycles. The first-order valence-corrected chi connectivity index (χ1v) is 1.68. The molecular formula is CH3N5O3. The van der Waals surface area contributed by atoms with E-state index in [1.165, 1.54) is 0 Å². The lowest BCUT2D eigenvalue weighted by Gasteiger charge is -1.79. The molecule has 1 heterocycles. The van der Waals surface area contributed by atoms with Crippen LogP contribution in [0.15, 0.2) is 0 Å². The van der Waals surface area contributed by atoms with Gasteiger partial charge in [-0.1, -0.05) is 5.21 Å². The molecule has 3 N–H and O–H groups in total. The van der Waals surface area contributed by atoms with E-state index >= 15 is 0 Å². The van der Waals surface area contributed by atoms with E-state index in [2.05, 4.69) is 15.4 Å². The molecular weight excluding hydrogens is 130 g/mol. The van der Waals surface area contributed by atoms with Crippen molar-refractivity contribution in [3.05, 3.63) is 10.1 Å². The average molecular weight is 133 g/mol. The van der Waals surface area contributed by atoms with E-state index in [1.807, 2.05) is 5.21 Å². The molecule has 0 radical (unpaired) electrons. The Morgan fingerprint density at radius 2 is 2.33 bits per heavy atom. The van der Waals surface area contributed by atoms with Crippen molar-refractivity contribution in [2.45, 2.75) is 0 Å². The normalized spacial score (nSPS) is 8.00. The van der Waals surface area contributed by atoms with Gasteiger partial charge in [-0.15, -0.1) is 0 Å². The van der Waals surface area contributed by atoms with Crippen LogP contribution in [-0.2, 0) is 0 Å². The van der Waals surface area contributed by atoms with E-state index in [-0.39, 0.29) is 5.48 Å². The number of hydrogen-bond donors (Lipinski definition) is 1. The predicted octanol–water partition coefficient (Wildman–Crippen LogP) is -1.72. The molecule has 0 atom stereocenters. The van der Waals surface area contributed by atoms with E-state index < -0.39 is 10.9 Å². The lowest BCUT2D eigenvalue weighted by Crippen LogP contribution is -1.88. The number of hydrogen-bond acceptors (Lipinski definition) is 5. The highest BCUT2D eigenvalue weighted by Gasteiger charge is 2.08. The van der Waals surface area contributed by atoms with Crippen LogP contribution in [0.4, 0.5) is 5.95 Å². The lowest BCUT2D eigenvalue weighted by molar-refractivity contribution is -0.394. The number of nitro groups is 1. The summed E-state index contributed by atoms with van der Waals surface area (Å²) in [5.41, 5.74) is 0. The first-order valence-electron chi connectivity index (χ1n) is 1.68. The van der Waals surface area contributed by atoms with Gasteiger partial charge in [0.25, 0.3) is 0 Å². The van der Waals surface area contributed by atoms with Crippen molar-refractivity contribution in [1.29, 1.82) is 0 Å². The number of aromatic amines is 1. The SMILES string of the molecule is O.O=[N+]([O-])c1nn[nH]n1. The second-order valence-electron chi connectivity index (χ2n) is 0.969. The van der Waals surface area contributed by atoms with Gasteiger partial charge in [-0.2, -0.15) is 0 Å². The Morgan fingerprint density at radius 1 is 1.67 bits per heavy atom. The first kappa shape index (κ1) is 7.43. The zero-order chi connectivity index (χ0) is 5.98. The van der Waals surface area contributed by atoms with E-state index in [1.54, 1.807) is 0 Å². The summed E-state index contributed by atoms with van der Waals surface area (Å²) >= 11 is 0. The smallest absolute Gasteiger partial charge is 0.412 e. The summed E-state index contributed by atoms with van der Waals surface area (Å²) in [5.74, 6) is -0.509. The standard InChI is InChI=1S/CHN5O2.H2O/c7-6(8)1-2-4-5-3-1;/h(H,2,3,4,5);1H2. The van der Waals surface area contributed by atoms with Crippen LogP contribution in [0.3, 0.4) is 0 Å². The van der Waals surface area contributed by atoms with Crippen LogP contribution in [0.5, 0.6) is 0 Å². The van der Waals surface area contributed by atoms with Crippen molar-refractivity contribution in [1.82, 2.24) is 20.6 Å². The maximum atomic E-state index is 9.68. The largest absolute Gasteiger partial charge is 0.514 e. The fraction of sp³-hybridized carbons (Fsp3) is 0. The first-order chi connectivity index (χ1) is 3.80. The van der Waals surface area contributed by atoms with E-state index in [0.717, 1.165) is 0 Å². The van der Waals surface area contributed by atoms with Gasteiger partial charge in [-0.05, 0) is 4.92 Å². The summed E-state index contributed by atoms with van der Waals surface area (Å²) in [6.07, 6.45) is 0. The molecule has 1 aromatic rings. The second kappa shape index (κ2) is 2.67. The molecule has 50 valence electrons. The topological polar surface area (TPSA) is 129 Å². The third-order valence-electron chi connectivity index (χ3n) is 0.497. The Morgan fingerprint density at radius 3 is 2.56 bits per heavy atom. The molecule has 0 aliphatic carbocycles. The number of aromatic nitrogens is 4. The van der Waals surface area contributed by atoms with Gasteiger partial charge in [-0.25, -0.2) is 0 Å². The minimum absolute atomic E-state index is 0. The highest BCUT2D eigenvalue weighted by atomic mass is 16.6. The summed E-state index contributed by atoms with van der Waals surface area (Å²) in [6.45, 7) is 0. The van der Waals surface area contributed by atoms with Crippen LogP contribution < -0.4 is 0 Å². The van der Waals surface area contributed by atoms with Crippen LogP contribution in [-0.4, -0.2) is 31.0 Å². The minimum Gasteiger partial charge on any atom is -0.412 e. The zero-order valence-electron chi connectivity index (χ0n) is 4.11. The maximum absolute atomic E-state index is 9.68. The number of nitrogens with zero attached hydrogens (tertiary/aromatic N) is 4. The van der Waals surface area contributed by atoms with E-state index in [9.17, 15) is 10.1 Å². The Labute approximate surface area is 48.3 Å². The summed E-state index contributed by atoms with van der Waals surface area (Å²) in [7, 11) is 0.